The Bertz CT molecular complexity index is 322. The van der Waals surface area contributed by atoms with E-state index in [0.717, 1.165) is 25.7 Å². The summed E-state index contributed by atoms with van der Waals surface area (Å²) in [5, 5.41) is 18.7. The summed E-state index contributed by atoms with van der Waals surface area (Å²) in [4.78, 5) is 2.05. The highest BCUT2D eigenvalue weighted by atomic mass is 31.1. The molecule has 2 N–H and O–H groups in total. The minimum atomic E-state index is -0.764. The van der Waals surface area contributed by atoms with Crippen LogP contribution in [0.25, 0.3) is 0 Å². The van der Waals surface area contributed by atoms with E-state index in [1.54, 1.807) is 0 Å². The van der Waals surface area contributed by atoms with Gasteiger partial charge in [-0.1, -0.05) is 90.9 Å². The van der Waals surface area contributed by atoms with E-state index in [9.17, 15) is 14.8 Å². The van der Waals surface area contributed by atoms with Crippen molar-refractivity contribution in [3.63, 3.8) is 0 Å². The molecule has 0 saturated carbocycles. The van der Waals surface area contributed by atoms with Gasteiger partial charge in [-0.2, -0.15) is 0 Å². The molecule has 0 aromatic heterocycles. The third-order valence-corrected chi connectivity index (χ3v) is 6.09. The van der Waals surface area contributed by atoms with Gasteiger partial charge in [-0.25, -0.2) is 0 Å². The highest BCUT2D eigenvalue weighted by Crippen LogP contribution is 2.32. The number of aliphatic hydroxyl groups is 2. The second kappa shape index (κ2) is 20.2. The topological polar surface area (TPSA) is 70.0 Å². The first-order chi connectivity index (χ1) is 13.7. The molecule has 0 radical (unpaired) electrons. The summed E-state index contributed by atoms with van der Waals surface area (Å²) in [6.07, 6.45) is 16.5. The van der Waals surface area contributed by atoms with Gasteiger partial charge in [-0.3, -0.25) is 4.90 Å². The quantitative estimate of drug-likeness (QED) is 0.180. The maximum absolute atomic E-state index is 11.5. The molecule has 0 spiro atoms. The number of hydrogen-bond donors (Lipinski definition) is 2. The van der Waals surface area contributed by atoms with E-state index >= 15 is 0 Å². The van der Waals surface area contributed by atoms with E-state index in [4.69, 9.17) is 4.52 Å². The number of hydrogen-bond acceptors (Lipinski definition) is 5. The number of nitrogens with zero attached hydrogens (tertiary/aromatic N) is 1. The van der Waals surface area contributed by atoms with Crippen LogP contribution in [0.3, 0.4) is 0 Å². The highest BCUT2D eigenvalue weighted by Gasteiger charge is 2.36. The monoisotopic (exact) mass is 420 g/mol. The van der Waals surface area contributed by atoms with E-state index in [2.05, 4.69) is 13.8 Å². The van der Waals surface area contributed by atoms with E-state index in [1.807, 2.05) is 4.90 Å². The van der Waals surface area contributed by atoms with Crippen LogP contribution in [0.15, 0.2) is 0 Å². The van der Waals surface area contributed by atoms with Crippen LogP contribution in [0, 0.1) is 0 Å². The lowest BCUT2D eigenvalue weighted by Crippen LogP contribution is -2.45. The fraction of sp³-hybridized carbons (Fsp3) is 1.00. The van der Waals surface area contributed by atoms with E-state index in [-0.39, 0.29) is 13.2 Å². The molecule has 168 valence electrons. The number of rotatable bonds is 22. The largest absolute Gasteiger partial charge is 0.494 e. The van der Waals surface area contributed by atoms with Gasteiger partial charge in [-0.15, -0.1) is 4.52 Å². The fourth-order valence-corrected chi connectivity index (χ4v) is 4.37. The summed E-state index contributed by atoms with van der Waals surface area (Å²) in [5.41, 5.74) is -0.431. The van der Waals surface area contributed by atoms with Gasteiger partial charge in [0.2, 0.25) is 0 Å². The van der Waals surface area contributed by atoms with Crippen molar-refractivity contribution >= 4 is 8.69 Å². The molecule has 1 unspecified atom stereocenters. The third-order valence-electron chi connectivity index (χ3n) is 5.57. The first-order valence-corrected chi connectivity index (χ1v) is 12.5. The molecular formula is C22H47NO4P+. The normalized spacial score (nSPS) is 12.3. The smallest absolute Gasteiger partial charge is 0.395 e. The van der Waals surface area contributed by atoms with Crippen molar-refractivity contribution in [1.29, 1.82) is 0 Å². The van der Waals surface area contributed by atoms with Crippen molar-refractivity contribution in [1.82, 2.24) is 4.90 Å². The minimum Gasteiger partial charge on any atom is -0.395 e. The average Bonchev–Trinajstić information content (AvgIpc) is 2.68. The molecule has 0 aliphatic carbocycles. The Morgan fingerprint density at radius 2 is 1.18 bits per heavy atom. The Hall–Kier alpha value is -0.0600. The van der Waals surface area contributed by atoms with Crippen LogP contribution in [0.2, 0.25) is 0 Å². The molecule has 0 aromatic carbocycles. The van der Waals surface area contributed by atoms with Gasteiger partial charge >= 0.3 is 8.69 Å². The van der Waals surface area contributed by atoms with E-state index in [1.165, 1.54) is 64.2 Å². The zero-order valence-electron chi connectivity index (χ0n) is 18.6. The highest BCUT2D eigenvalue weighted by molar-refractivity contribution is 7.17. The Kier molecular flexibility index (Phi) is 20.2. The first-order valence-electron chi connectivity index (χ1n) is 11.7. The summed E-state index contributed by atoms with van der Waals surface area (Å²) in [6.45, 7) is 6.24. The van der Waals surface area contributed by atoms with Crippen LogP contribution in [0.4, 0.5) is 0 Å². The first kappa shape index (κ1) is 27.9. The predicted octanol–water partition coefficient (Wildman–Crippen LogP) is 5.47. The lowest BCUT2D eigenvalue weighted by atomic mass is 9.89. The number of unbranched alkanes of at least 4 members (excludes halogenated alkanes) is 10. The van der Waals surface area contributed by atoms with Gasteiger partial charge in [0.05, 0.1) is 13.2 Å². The Labute approximate surface area is 175 Å². The van der Waals surface area contributed by atoms with Crippen LogP contribution in [0.5, 0.6) is 0 Å². The number of aliphatic hydroxyl groups excluding tert-OH is 2. The van der Waals surface area contributed by atoms with E-state index < -0.39 is 14.3 Å². The molecule has 28 heavy (non-hydrogen) atoms. The third kappa shape index (κ3) is 14.9. The van der Waals surface area contributed by atoms with Crippen molar-refractivity contribution in [2.24, 2.45) is 0 Å². The molecule has 1 atom stereocenters. The van der Waals surface area contributed by atoms with Crippen molar-refractivity contribution in [3.05, 3.63) is 0 Å². The van der Waals surface area contributed by atoms with Crippen LogP contribution in [-0.4, -0.2) is 53.6 Å². The molecule has 0 amide bonds. The molecule has 0 aliphatic heterocycles. The molecule has 0 aliphatic rings. The van der Waals surface area contributed by atoms with Gasteiger partial charge in [0.15, 0.2) is 0 Å². The Balaban J connectivity index is 4.79. The van der Waals surface area contributed by atoms with Crippen molar-refractivity contribution in [2.45, 2.75) is 109 Å². The zero-order valence-corrected chi connectivity index (χ0v) is 19.6. The Morgan fingerprint density at radius 3 is 1.57 bits per heavy atom. The maximum atomic E-state index is 11.5. The lowest BCUT2D eigenvalue weighted by molar-refractivity contribution is 0.00991. The van der Waals surface area contributed by atoms with Crippen molar-refractivity contribution in [3.8, 4) is 0 Å². The molecule has 6 heteroatoms. The maximum Gasteiger partial charge on any atom is 0.494 e. The summed E-state index contributed by atoms with van der Waals surface area (Å²) in [7, 11) is -0.764. The molecule has 0 bridgehead atoms. The standard InChI is InChI=1S/C22H47NO4P/c1-3-5-7-9-11-13-15-22(27-28-26,16-14-12-10-8-6-4-2)21-23(17-19-24)18-20-25/h24-25,28H,3-21H2,1-2H3/q+1. The van der Waals surface area contributed by atoms with Crippen LogP contribution < -0.4 is 0 Å². The SMILES string of the molecule is CCCCCCCCC(CCCCCCCC)(CN(CCO)CCO)O[PH+]=O. The fourth-order valence-electron chi connectivity index (χ4n) is 3.92. The van der Waals surface area contributed by atoms with Gasteiger partial charge in [-0.05, 0) is 17.4 Å². The molecule has 0 rings (SSSR count). The van der Waals surface area contributed by atoms with Gasteiger partial charge in [0.25, 0.3) is 0 Å². The van der Waals surface area contributed by atoms with Gasteiger partial charge in [0.1, 0.15) is 5.60 Å². The molecule has 0 heterocycles. The lowest BCUT2D eigenvalue weighted by Gasteiger charge is -2.33. The average molecular weight is 421 g/mol. The van der Waals surface area contributed by atoms with Gasteiger partial charge in [0, 0.05) is 19.6 Å². The molecule has 0 aromatic rings. The van der Waals surface area contributed by atoms with Crippen LogP contribution in [-0.2, 0) is 9.09 Å². The van der Waals surface area contributed by atoms with Crippen LogP contribution >= 0.6 is 8.69 Å². The van der Waals surface area contributed by atoms with Crippen molar-refractivity contribution in [2.75, 3.05) is 32.8 Å². The second-order valence-corrected chi connectivity index (χ2v) is 8.50. The predicted molar refractivity (Wildman–Crippen MR) is 119 cm³/mol. The summed E-state index contributed by atoms with van der Waals surface area (Å²) in [6, 6.07) is 0. The van der Waals surface area contributed by atoms with E-state index in [0.29, 0.717) is 19.6 Å². The Morgan fingerprint density at radius 1 is 0.750 bits per heavy atom. The van der Waals surface area contributed by atoms with Crippen molar-refractivity contribution < 1.29 is 19.3 Å². The zero-order chi connectivity index (χ0) is 20.9. The molecular weight excluding hydrogens is 373 g/mol. The molecule has 0 fully saturated rings. The molecule has 0 saturated heterocycles. The van der Waals surface area contributed by atoms with Gasteiger partial charge < -0.3 is 10.2 Å². The minimum absolute atomic E-state index is 0.0593. The van der Waals surface area contributed by atoms with Crippen LogP contribution in [0.1, 0.15) is 104 Å². The molecule has 5 nitrogen and oxygen atoms in total. The summed E-state index contributed by atoms with van der Waals surface area (Å²) in [5.74, 6) is 0. The summed E-state index contributed by atoms with van der Waals surface area (Å²) < 4.78 is 17.4. The summed E-state index contributed by atoms with van der Waals surface area (Å²) >= 11 is 0. The second-order valence-electron chi connectivity index (χ2n) is 8.13.